The van der Waals surface area contributed by atoms with Gasteiger partial charge in [-0.1, -0.05) is 30.3 Å². The molecule has 4 rings (SSSR count). The van der Waals surface area contributed by atoms with Crippen molar-refractivity contribution in [3.8, 4) is 6.07 Å². The number of nitrogens with zero attached hydrogens (tertiary/aromatic N) is 4. The minimum atomic E-state index is -4.30. The third-order valence-corrected chi connectivity index (χ3v) is 6.87. The largest absolute Gasteiger partial charge is 0.389 e. The number of ketones is 1. The van der Waals surface area contributed by atoms with Gasteiger partial charge in [-0.05, 0) is 43.6 Å². The first-order valence-corrected chi connectivity index (χ1v) is 12.1. The maximum atomic E-state index is 13.0. The van der Waals surface area contributed by atoms with Crippen molar-refractivity contribution in [1.82, 2.24) is 9.55 Å². The second-order valence-electron chi connectivity index (χ2n) is 9.82. The van der Waals surface area contributed by atoms with Crippen molar-refractivity contribution in [2.75, 3.05) is 18.0 Å². The summed E-state index contributed by atoms with van der Waals surface area (Å²) >= 11 is 0. The van der Waals surface area contributed by atoms with Crippen molar-refractivity contribution in [1.29, 1.82) is 5.26 Å². The first-order valence-electron chi connectivity index (χ1n) is 12.1. The first kappa shape index (κ1) is 25.0. The quantitative estimate of drug-likeness (QED) is 0.496. The van der Waals surface area contributed by atoms with Crippen LogP contribution in [0.15, 0.2) is 41.2 Å². The number of alkyl halides is 3. The number of rotatable bonds is 10. The Bertz CT molecular complexity index is 1150. The van der Waals surface area contributed by atoms with E-state index in [0.29, 0.717) is 37.7 Å². The zero-order chi connectivity index (χ0) is 25.1. The fourth-order valence-electron chi connectivity index (χ4n) is 4.75. The highest BCUT2D eigenvalue weighted by atomic mass is 19.4. The lowest BCUT2D eigenvalue weighted by Crippen LogP contribution is -2.32. The van der Waals surface area contributed by atoms with E-state index in [1.165, 1.54) is 16.2 Å². The smallest absolute Gasteiger partial charge is 0.356 e. The fourth-order valence-corrected chi connectivity index (χ4v) is 4.75. The molecule has 2 heterocycles. The number of aromatic nitrogens is 2. The van der Waals surface area contributed by atoms with Crippen molar-refractivity contribution < 1.29 is 18.0 Å². The number of hydrogen-bond donors (Lipinski definition) is 0. The fraction of sp³-hybridized carbons (Fsp3) is 0.538. The molecule has 1 aromatic carbocycles. The van der Waals surface area contributed by atoms with Gasteiger partial charge >= 0.3 is 6.18 Å². The van der Waals surface area contributed by atoms with Gasteiger partial charge in [0.15, 0.2) is 5.78 Å². The van der Waals surface area contributed by atoms with Gasteiger partial charge in [-0.2, -0.15) is 18.4 Å². The predicted octanol–water partition coefficient (Wildman–Crippen LogP) is 4.46. The highest BCUT2D eigenvalue weighted by Crippen LogP contribution is 2.48. The maximum Gasteiger partial charge on any atom is 0.389 e. The van der Waals surface area contributed by atoms with E-state index < -0.39 is 23.6 Å². The van der Waals surface area contributed by atoms with Crippen LogP contribution < -0.4 is 10.5 Å². The summed E-state index contributed by atoms with van der Waals surface area (Å²) in [6.07, 6.45) is -2.37. The number of hydrogen-bond acceptors (Lipinski definition) is 5. The van der Waals surface area contributed by atoms with Gasteiger partial charge in [0.25, 0.3) is 5.56 Å². The summed E-state index contributed by atoms with van der Waals surface area (Å²) in [5, 5.41) is 9.25. The van der Waals surface area contributed by atoms with Crippen molar-refractivity contribution >= 4 is 11.6 Å². The normalized spacial score (nSPS) is 18.9. The molecule has 1 saturated carbocycles. The van der Waals surface area contributed by atoms with Crippen LogP contribution in [0.25, 0.3) is 0 Å². The average Bonchev–Trinajstić information content (AvgIpc) is 3.42. The lowest BCUT2D eigenvalue weighted by Gasteiger charge is -2.20. The predicted molar refractivity (Wildman–Crippen MR) is 125 cm³/mol. The molecular weight excluding hydrogens is 457 g/mol. The minimum Gasteiger partial charge on any atom is -0.356 e. The zero-order valence-corrected chi connectivity index (χ0v) is 19.6. The molecular formula is C26H29F3N4O2. The number of halogens is 3. The number of anilines is 1. The van der Waals surface area contributed by atoms with Crippen LogP contribution in [0, 0.1) is 22.7 Å². The molecule has 0 spiro atoms. The van der Waals surface area contributed by atoms with Gasteiger partial charge in [-0.15, -0.1) is 0 Å². The molecule has 1 saturated heterocycles. The van der Waals surface area contributed by atoms with Crippen LogP contribution >= 0.6 is 0 Å². The Morgan fingerprint density at radius 2 is 1.97 bits per heavy atom. The van der Waals surface area contributed by atoms with Crippen LogP contribution in [0.1, 0.15) is 49.9 Å². The summed E-state index contributed by atoms with van der Waals surface area (Å²) in [6, 6.07) is 13.7. The molecule has 6 nitrogen and oxygen atoms in total. The van der Waals surface area contributed by atoms with Crippen LogP contribution in [-0.2, 0) is 24.2 Å². The van der Waals surface area contributed by atoms with E-state index in [0.717, 1.165) is 12.8 Å². The second kappa shape index (κ2) is 10.2. The van der Waals surface area contributed by atoms with E-state index in [2.05, 4.69) is 23.2 Å². The van der Waals surface area contributed by atoms with Crippen molar-refractivity contribution in [2.45, 2.75) is 64.1 Å². The highest BCUT2D eigenvalue weighted by molar-refractivity contribution is 5.80. The Morgan fingerprint density at radius 1 is 1.23 bits per heavy atom. The number of benzene rings is 1. The first-order chi connectivity index (χ1) is 16.7. The molecule has 0 bridgehead atoms. The molecule has 1 aromatic heterocycles. The van der Waals surface area contributed by atoms with Gasteiger partial charge < -0.3 is 4.90 Å². The zero-order valence-electron chi connectivity index (χ0n) is 19.6. The molecule has 9 heteroatoms. The van der Waals surface area contributed by atoms with E-state index in [1.807, 2.05) is 23.1 Å². The van der Waals surface area contributed by atoms with Crippen LogP contribution in [0.2, 0.25) is 0 Å². The van der Waals surface area contributed by atoms with Crippen LogP contribution in [0.5, 0.6) is 0 Å². The second-order valence-corrected chi connectivity index (χ2v) is 9.82. The van der Waals surface area contributed by atoms with Gasteiger partial charge in [0.1, 0.15) is 11.6 Å². The Hall–Kier alpha value is -3.15. The molecule has 186 valence electrons. The summed E-state index contributed by atoms with van der Waals surface area (Å²) in [6.45, 7) is 1.14. The molecule has 1 atom stereocenters. The summed E-state index contributed by atoms with van der Waals surface area (Å²) in [5.74, 6) is 0.754. The van der Waals surface area contributed by atoms with Gasteiger partial charge in [-0.3, -0.25) is 14.2 Å². The molecule has 0 amide bonds. The Balaban J connectivity index is 1.50. The number of aryl methyl sites for hydroxylation is 1. The van der Waals surface area contributed by atoms with Crippen LogP contribution in [0.4, 0.5) is 19.0 Å². The van der Waals surface area contributed by atoms with Crippen LogP contribution in [-0.4, -0.2) is 34.6 Å². The Labute approximate surface area is 202 Å². The molecule has 2 fully saturated rings. The van der Waals surface area contributed by atoms with Gasteiger partial charge in [-0.25, -0.2) is 4.98 Å². The minimum absolute atomic E-state index is 0.0486. The number of Topliss-reactive ketones (excluding diaryl/α,β-unsaturated/α-hetero) is 1. The summed E-state index contributed by atoms with van der Waals surface area (Å²) in [5.41, 5.74) is 0.145. The molecule has 2 aliphatic rings. The van der Waals surface area contributed by atoms with Gasteiger partial charge in [0.2, 0.25) is 0 Å². The van der Waals surface area contributed by atoms with Crippen molar-refractivity contribution in [2.24, 2.45) is 11.3 Å². The lowest BCUT2D eigenvalue weighted by molar-refractivity contribution is -0.135. The summed E-state index contributed by atoms with van der Waals surface area (Å²) < 4.78 is 39.4. The van der Waals surface area contributed by atoms with Crippen molar-refractivity contribution in [3.63, 3.8) is 0 Å². The third kappa shape index (κ3) is 6.71. The Kier molecular flexibility index (Phi) is 7.29. The SMILES string of the molecule is N#CC1(CC(=O)Cn2c(CCCC(F)(F)F)nc(N3CCC(Cc4ccccc4)C3)cc2=O)CC1. The van der Waals surface area contributed by atoms with E-state index in [-0.39, 0.29) is 37.4 Å². The molecule has 35 heavy (non-hydrogen) atoms. The molecule has 1 aliphatic carbocycles. The summed E-state index contributed by atoms with van der Waals surface area (Å²) in [7, 11) is 0. The van der Waals surface area contributed by atoms with E-state index in [9.17, 15) is 28.0 Å². The van der Waals surface area contributed by atoms with Gasteiger partial charge in [0.05, 0.1) is 18.0 Å². The van der Waals surface area contributed by atoms with E-state index >= 15 is 0 Å². The number of carbonyl (C=O) groups excluding carboxylic acids is 1. The van der Waals surface area contributed by atoms with Gasteiger partial charge in [0, 0.05) is 38.4 Å². The monoisotopic (exact) mass is 486 g/mol. The molecule has 2 aromatic rings. The molecule has 0 N–H and O–H groups in total. The maximum absolute atomic E-state index is 13.0. The number of nitriles is 1. The molecule has 1 aliphatic heterocycles. The van der Waals surface area contributed by atoms with Crippen molar-refractivity contribution in [3.05, 3.63) is 58.1 Å². The van der Waals surface area contributed by atoms with Crippen LogP contribution in [0.3, 0.4) is 0 Å². The molecule has 1 unspecified atom stereocenters. The molecule has 0 radical (unpaired) electrons. The Morgan fingerprint density at radius 3 is 2.63 bits per heavy atom. The topological polar surface area (TPSA) is 79.0 Å². The summed E-state index contributed by atoms with van der Waals surface area (Å²) in [4.78, 5) is 32.2. The van der Waals surface area contributed by atoms with E-state index in [1.54, 1.807) is 0 Å². The average molecular weight is 487 g/mol. The highest BCUT2D eigenvalue weighted by Gasteiger charge is 2.44. The van der Waals surface area contributed by atoms with E-state index in [4.69, 9.17) is 0 Å². The third-order valence-electron chi connectivity index (χ3n) is 6.87. The standard InChI is InChI=1S/C26H29F3N4O2/c27-26(28,29)9-4-7-22-31-23(32-12-8-20(16-32)13-19-5-2-1-3-6-19)14-24(35)33(22)17-21(34)15-25(18-30)10-11-25/h1-3,5-6,14,20H,4,7-13,15-17H2. The lowest BCUT2D eigenvalue weighted by atomic mass is 9.99. The number of carbonyl (C=O) groups is 1.